The molecule has 2 rings (SSSR count). The molecule has 1 fully saturated rings. The van der Waals surface area contributed by atoms with E-state index in [1.54, 1.807) is 6.92 Å². The lowest BCUT2D eigenvalue weighted by atomic mass is 10.1. The van der Waals surface area contributed by atoms with Crippen LogP contribution in [0, 0.1) is 6.92 Å². The zero-order valence-electron chi connectivity index (χ0n) is 9.19. The van der Waals surface area contributed by atoms with Crippen molar-refractivity contribution in [2.75, 3.05) is 6.61 Å². The Bertz CT molecular complexity index is 307. The van der Waals surface area contributed by atoms with Crippen LogP contribution in [0.4, 0.5) is 0 Å². The first-order chi connectivity index (χ1) is 7.25. The van der Waals surface area contributed by atoms with E-state index in [1.807, 2.05) is 0 Å². The second kappa shape index (κ2) is 4.72. The molecule has 1 saturated heterocycles. The van der Waals surface area contributed by atoms with Gasteiger partial charge in [0.15, 0.2) is 5.82 Å². The summed E-state index contributed by atoms with van der Waals surface area (Å²) in [5, 5.41) is 7.17. The number of ether oxygens (including phenoxy) is 1. The molecule has 0 bridgehead atoms. The van der Waals surface area contributed by atoms with Crippen molar-refractivity contribution in [2.45, 2.75) is 45.4 Å². The summed E-state index contributed by atoms with van der Waals surface area (Å²) in [5.41, 5.74) is 0. The molecule has 0 radical (unpaired) electrons. The van der Waals surface area contributed by atoms with Gasteiger partial charge in [-0.3, -0.25) is 0 Å². The standard InChI is InChI=1S/C10H17N3O2/c1-7(9-4-3-5-14-9)11-6-10-12-8(2)15-13-10/h7,9,11H,3-6H2,1-2H3/t7-,9-/m1/s1. The molecular weight excluding hydrogens is 194 g/mol. The van der Waals surface area contributed by atoms with Crippen LogP contribution in [-0.4, -0.2) is 28.9 Å². The third-order valence-corrected chi connectivity index (χ3v) is 2.67. The molecule has 5 heteroatoms. The van der Waals surface area contributed by atoms with Crippen LogP contribution >= 0.6 is 0 Å². The van der Waals surface area contributed by atoms with Crippen LogP contribution in [0.1, 0.15) is 31.5 Å². The molecule has 1 aromatic rings. The zero-order valence-corrected chi connectivity index (χ0v) is 9.19. The molecule has 0 aliphatic carbocycles. The summed E-state index contributed by atoms with van der Waals surface area (Å²) in [6.07, 6.45) is 2.63. The number of aryl methyl sites for hydroxylation is 1. The van der Waals surface area contributed by atoms with Crippen molar-refractivity contribution < 1.29 is 9.26 Å². The first kappa shape index (κ1) is 10.6. The van der Waals surface area contributed by atoms with Gasteiger partial charge in [-0.2, -0.15) is 4.98 Å². The number of rotatable bonds is 4. The van der Waals surface area contributed by atoms with Gasteiger partial charge in [0.1, 0.15) is 0 Å². The lowest BCUT2D eigenvalue weighted by molar-refractivity contribution is 0.0829. The number of hydrogen-bond acceptors (Lipinski definition) is 5. The van der Waals surface area contributed by atoms with E-state index in [0.29, 0.717) is 30.4 Å². The topological polar surface area (TPSA) is 60.2 Å². The monoisotopic (exact) mass is 211 g/mol. The predicted molar refractivity (Wildman–Crippen MR) is 54.3 cm³/mol. The van der Waals surface area contributed by atoms with E-state index in [-0.39, 0.29) is 0 Å². The van der Waals surface area contributed by atoms with Crippen LogP contribution < -0.4 is 5.32 Å². The normalized spacial score (nSPS) is 23.2. The molecule has 0 aromatic carbocycles. The number of nitrogens with one attached hydrogen (secondary N) is 1. The third-order valence-electron chi connectivity index (χ3n) is 2.67. The van der Waals surface area contributed by atoms with Crippen LogP contribution in [0.15, 0.2) is 4.52 Å². The van der Waals surface area contributed by atoms with Gasteiger partial charge < -0.3 is 14.6 Å². The van der Waals surface area contributed by atoms with Gasteiger partial charge in [0.25, 0.3) is 0 Å². The Balaban J connectivity index is 1.77. The molecule has 1 N–H and O–H groups in total. The van der Waals surface area contributed by atoms with Gasteiger partial charge in [0.05, 0.1) is 12.6 Å². The maximum Gasteiger partial charge on any atom is 0.223 e. The van der Waals surface area contributed by atoms with Gasteiger partial charge in [0, 0.05) is 19.6 Å². The SMILES string of the molecule is Cc1nc(CN[C@H](C)[C@H]2CCCO2)no1. The average molecular weight is 211 g/mol. The molecule has 5 nitrogen and oxygen atoms in total. The highest BCUT2D eigenvalue weighted by Crippen LogP contribution is 2.15. The Morgan fingerprint density at radius 3 is 3.07 bits per heavy atom. The van der Waals surface area contributed by atoms with Gasteiger partial charge >= 0.3 is 0 Å². The summed E-state index contributed by atoms with van der Waals surface area (Å²) in [7, 11) is 0. The Hall–Kier alpha value is -0.940. The second-order valence-corrected chi connectivity index (χ2v) is 3.95. The van der Waals surface area contributed by atoms with Crippen molar-refractivity contribution in [1.82, 2.24) is 15.5 Å². The molecule has 1 aromatic heterocycles. The fourth-order valence-corrected chi connectivity index (χ4v) is 1.79. The van der Waals surface area contributed by atoms with Crippen molar-refractivity contribution in [1.29, 1.82) is 0 Å². The van der Waals surface area contributed by atoms with Crippen LogP contribution in [-0.2, 0) is 11.3 Å². The minimum Gasteiger partial charge on any atom is -0.377 e. The molecule has 0 spiro atoms. The second-order valence-electron chi connectivity index (χ2n) is 3.95. The highest BCUT2D eigenvalue weighted by atomic mass is 16.5. The Morgan fingerprint density at radius 1 is 1.60 bits per heavy atom. The van der Waals surface area contributed by atoms with Crippen molar-refractivity contribution in [3.05, 3.63) is 11.7 Å². The summed E-state index contributed by atoms with van der Waals surface area (Å²) in [6.45, 7) is 5.44. The van der Waals surface area contributed by atoms with E-state index in [1.165, 1.54) is 0 Å². The van der Waals surface area contributed by atoms with Crippen molar-refractivity contribution in [3.63, 3.8) is 0 Å². The van der Waals surface area contributed by atoms with E-state index in [0.717, 1.165) is 19.4 Å². The van der Waals surface area contributed by atoms with E-state index in [2.05, 4.69) is 22.4 Å². The summed E-state index contributed by atoms with van der Waals surface area (Å²) in [4.78, 5) is 4.13. The first-order valence-corrected chi connectivity index (χ1v) is 5.40. The lowest BCUT2D eigenvalue weighted by Crippen LogP contribution is -2.36. The van der Waals surface area contributed by atoms with Gasteiger partial charge in [-0.1, -0.05) is 5.16 Å². The minimum atomic E-state index is 0.331. The molecule has 0 amide bonds. The number of nitrogens with zero attached hydrogens (tertiary/aromatic N) is 2. The quantitative estimate of drug-likeness (QED) is 0.806. The maximum absolute atomic E-state index is 5.58. The van der Waals surface area contributed by atoms with E-state index >= 15 is 0 Å². The highest BCUT2D eigenvalue weighted by molar-refractivity contribution is 4.85. The lowest BCUT2D eigenvalue weighted by Gasteiger charge is -2.18. The zero-order chi connectivity index (χ0) is 10.7. The average Bonchev–Trinajstić information content (AvgIpc) is 2.84. The molecular formula is C10H17N3O2. The van der Waals surface area contributed by atoms with Gasteiger partial charge in [0.2, 0.25) is 5.89 Å². The van der Waals surface area contributed by atoms with Gasteiger partial charge in [-0.05, 0) is 19.8 Å². The first-order valence-electron chi connectivity index (χ1n) is 5.40. The van der Waals surface area contributed by atoms with Crippen LogP contribution in [0.3, 0.4) is 0 Å². The Labute approximate surface area is 89.2 Å². The van der Waals surface area contributed by atoms with Crippen LogP contribution in [0.2, 0.25) is 0 Å². The van der Waals surface area contributed by atoms with Gasteiger partial charge in [-0.25, -0.2) is 0 Å². The van der Waals surface area contributed by atoms with Crippen LogP contribution in [0.5, 0.6) is 0 Å². The fourth-order valence-electron chi connectivity index (χ4n) is 1.79. The molecule has 1 aliphatic heterocycles. The smallest absolute Gasteiger partial charge is 0.223 e. The summed E-state index contributed by atoms with van der Waals surface area (Å²) >= 11 is 0. The van der Waals surface area contributed by atoms with Crippen molar-refractivity contribution >= 4 is 0 Å². The molecule has 2 heterocycles. The maximum atomic E-state index is 5.58. The molecule has 0 unspecified atom stereocenters. The third kappa shape index (κ3) is 2.76. The largest absolute Gasteiger partial charge is 0.377 e. The predicted octanol–water partition coefficient (Wildman–Crippen LogP) is 1.04. The van der Waals surface area contributed by atoms with E-state index in [9.17, 15) is 0 Å². The van der Waals surface area contributed by atoms with Crippen molar-refractivity contribution in [3.8, 4) is 0 Å². The van der Waals surface area contributed by atoms with E-state index < -0.39 is 0 Å². The summed E-state index contributed by atoms with van der Waals surface area (Å²) < 4.78 is 10.5. The Kier molecular flexibility index (Phi) is 3.33. The molecule has 15 heavy (non-hydrogen) atoms. The van der Waals surface area contributed by atoms with Crippen molar-refractivity contribution in [2.24, 2.45) is 0 Å². The molecule has 0 saturated carbocycles. The molecule has 84 valence electrons. The van der Waals surface area contributed by atoms with E-state index in [4.69, 9.17) is 9.26 Å². The summed E-state index contributed by atoms with van der Waals surface area (Å²) in [6, 6.07) is 0.339. The number of hydrogen-bond donors (Lipinski definition) is 1. The van der Waals surface area contributed by atoms with Gasteiger partial charge in [-0.15, -0.1) is 0 Å². The number of aromatic nitrogens is 2. The molecule has 2 atom stereocenters. The minimum absolute atomic E-state index is 0.331. The fraction of sp³-hybridized carbons (Fsp3) is 0.800. The van der Waals surface area contributed by atoms with Crippen LogP contribution in [0.25, 0.3) is 0 Å². The Morgan fingerprint density at radius 2 is 2.47 bits per heavy atom. The molecule has 1 aliphatic rings. The highest BCUT2D eigenvalue weighted by Gasteiger charge is 2.22. The summed E-state index contributed by atoms with van der Waals surface area (Å²) in [5.74, 6) is 1.31.